The molecule has 0 atom stereocenters. The van der Waals surface area contributed by atoms with Crippen LogP contribution in [0, 0.1) is 0 Å². The molecule has 0 unspecified atom stereocenters. The van der Waals surface area contributed by atoms with Gasteiger partial charge in [-0.15, -0.1) is 0 Å². The summed E-state index contributed by atoms with van der Waals surface area (Å²) in [7, 11) is 0. The second-order valence-corrected chi connectivity index (χ2v) is 4.46. The molecule has 0 amide bonds. The predicted molar refractivity (Wildman–Crippen MR) is 64.3 cm³/mol. The lowest BCUT2D eigenvalue weighted by Crippen LogP contribution is -2.27. The number of hydrogen-bond acceptors (Lipinski definition) is 2. The zero-order chi connectivity index (χ0) is 11.3. The first kappa shape index (κ1) is 12.1. The number of hydrogen-bond donors (Lipinski definition) is 1. The molecule has 0 aliphatic carbocycles. The van der Waals surface area contributed by atoms with Crippen molar-refractivity contribution >= 4 is 0 Å². The van der Waals surface area contributed by atoms with Gasteiger partial charge in [0.15, 0.2) is 0 Å². The zero-order valence-corrected chi connectivity index (χ0v) is 9.92. The molecule has 2 nitrogen and oxygen atoms in total. The highest BCUT2D eigenvalue weighted by Crippen LogP contribution is 2.25. The van der Waals surface area contributed by atoms with Gasteiger partial charge in [0.05, 0.1) is 6.61 Å². The van der Waals surface area contributed by atoms with E-state index in [0.717, 1.165) is 18.8 Å². The van der Waals surface area contributed by atoms with Crippen molar-refractivity contribution in [1.29, 1.82) is 0 Å². The van der Waals surface area contributed by atoms with E-state index in [1.165, 1.54) is 5.56 Å². The van der Waals surface area contributed by atoms with E-state index in [4.69, 9.17) is 10.5 Å². The van der Waals surface area contributed by atoms with E-state index in [-0.39, 0.29) is 5.41 Å². The quantitative estimate of drug-likeness (QED) is 0.805. The van der Waals surface area contributed by atoms with E-state index in [9.17, 15) is 0 Å². The number of nitrogens with two attached hydrogens (primary N) is 1. The van der Waals surface area contributed by atoms with Crippen molar-refractivity contribution in [3.63, 3.8) is 0 Å². The summed E-state index contributed by atoms with van der Waals surface area (Å²) in [5.74, 6) is 0.941. The average Bonchev–Trinajstić information content (AvgIpc) is 2.27. The fourth-order valence-corrected chi connectivity index (χ4v) is 1.34. The molecular formula is C13H21NO. The second kappa shape index (κ2) is 5.17. The maximum atomic E-state index is 5.75. The van der Waals surface area contributed by atoms with Gasteiger partial charge in [-0.2, -0.15) is 0 Å². The van der Waals surface area contributed by atoms with Crippen LogP contribution in [0.25, 0.3) is 0 Å². The maximum absolute atomic E-state index is 5.75. The molecule has 1 rings (SSSR count). The summed E-state index contributed by atoms with van der Waals surface area (Å²) < 4.78 is 5.59. The summed E-state index contributed by atoms with van der Waals surface area (Å²) in [5, 5.41) is 0. The fraction of sp³-hybridized carbons (Fsp3) is 0.538. The molecule has 0 aliphatic rings. The van der Waals surface area contributed by atoms with Crippen LogP contribution in [-0.4, -0.2) is 13.2 Å². The highest BCUT2D eigenvalue weighted by atomic mass is 16.5. The number of benzene rings is 1. The SMILES string of the molecule is CCCOc1cccc(C(C)(C)CN)c1. The minimum atomic E-state index is 0.0194. The molecule has 0 saturated carbocycles. The predicted octanol–water partition coefficient (Wildman–Crippen LogP) is 2.71. The van der Waals surface area contributed by atoms with Crippen LogP contribution in [0.5, 0.6) is 5.75 Å². The smallest absolute Gasteiger partial charge is 0.119 e. The van der Waals surface area contributed by atoms with Crippen molar-refractivity contribution in [3.05, 3.63) is 29.8 Å². The van der Waals surface area contributed by atoms with Crippen molar-refractivity contribution in [2.75, 3.05) is 13.2 Å². The van der Waals surface area contributed by atoms with Crippen molar-refractivity contribution in [3.8, 4) is 5.75 Å². The molecule has 1 aromatic rings. The van der Waals surface area contributed by atoms with Gasteiger partial charge in [-0.1, -0.05) is 32.9 Å². The van der Waals surface area contributed by atoms with Crippen LogP contribution in [0.1, 0.15) is 32.8 Å². The molecule has 1 aromatic carbocycles. The van der Waals surface area contributed by atoms with Crippen molar-refractivity contribution in [1.82, 2.24) is 0 Å². The third-order valence-electron chi connectivity index (χ3n) is 2.60. The van der Waals surface area contributed by atoms with Gasteiger partial charge < -0.3 is 10.5 Å². The molecule has 0 spiro atoms. The first-order chi connectivity index (χ1) is 7.10. The Bertz CT molecular complexity index is 307. The Morgan fingerprint density at radius 2 is 2.07 bits per heavy atom. The van der Waals surface area contributed by atoms with Crippen LogP contribution >= 0.6 is 0 Å². The summed E-state index contributed by atoms with van der Waals surface area (Å²) >= 11 is 0. The van der Waals surface area contributed by atoms with Gasteiger partial charge in [0, 0.05) is 12.0 Å². The van der Waals surface area contributed by atoms with Crippen LogP contribution < -0.4 is 10.5 Å². The monoisotopic (exact) mass is 207 g/mol. The van der Waals surface area contributed by atoms with Crippen molar-refractivity contribution in [2.45, 2.75) is 32.6 Å². The van der Waals surface area contributed by atoms with Gasteiger partial charge >= 0.3 is 0 Å². The third-order valence-corrected chi connectivity index (χ3v) is 2.60. The van der Waals surface area contributed by atoms with Crippen molar-refractivity contribution < 1.29 is 4.74 Å². The van der Waals surface area contributed by atoms with Gasteiger partial charge in [-0.05, 0) is 24.1 Å². The molecule has 0 fully saturated rings. The molecular weight excluding hydrogens is 186 g/mol. The first-order valence-electron chi connectivity index (χ1n) is 5.53. The summed E-state index contributed by atoms with van der Waals surface area (Å²) in [5.41, 5.74) is 7.00. The normalized spacial score (nSPS) is 11.5. The van der Waals surface area contributed by atoms with Crippen molar-refractivity contribution in [2.24, 2.45) is 5.73 Å². The molecule has 84 valence electrons. The Balaban J connectivity index is 2.82. The van der Waals surface area contributed by atoms with Gasteiger partial charge in [0.2, 0.25) is 0 Å². The maximum Gasteiger partial charge on any atom is 0.119 e. The minimum Gasteiger partial charge on any atom is -0.494 e. The van der Waals surface area contributed by atoms with E-state index in [0.29, 0.717) is 6.54 Å². The van der Waals surface area contributed by atoms with Crippen LogP contribution in [-0.2, 0) is 5.41 Å². The zero-order valence-electron chi connectivity index (χ0n) is 9.92. The fourth-order valence-electron chi connectivity index (χ4n) is 1.34. The lowest BCUT2D eigenvalue weighted by Gasteiger charge is -2.23. The highest BCUT2D eigenvalue weighted by Gasteiger charge is 2.18. The standard InChI is InChI=1S/C13H21NO/c1-4-8-15-12-7-5-6-11(9-12)13(2,3)10-14/h5-7,9H,4,8,10,14H2,1-3H3. The Hall–Kier alpha value is -1.02. The topological polar surface area (TPSA) is 35.2 Å². The number of ether oxygens (including phenoxy) is 1. The van der Waals surface area contributed by atoms with Crippen LogP contribution in [0.2, 0.25) is 0 Å². The van der Waals surface area contributed by atoms with Gasteiger partial charge in [0.25, 0.3) is 0 Å². The van der Waals surface area contributed by atoms with E-state index in [2.05, 4.69) is 32.9 Å². The molecule has 15 heavy (non-hydrogen) atoms. The van der Waals surface area contributed by atoms with E-state index >= 15 is 0 Å². The molecule has 0 radical (unpaired) electrons. The second-order valence-electron chi connectivity index (χ2n) is 4.46. The largest absolute Gasteiger partial charge is 0.494 e. The molecule has 0 aliphatic heterocycles. The van der Waals surface area contributed by atoms with Crippen LogP contribution in [0.3, 0.4) is 0 Å². The van der Waals surface area contributed by atoms with E-state index < -0.39 is 0 Å². The van der Waals surface area contributed by atoms with Gasteiger partial charge in [0.1, 0.15) is 5.75 Å². The Morgan fingerprint density at radius 3 is 2.67 bits per heavy atom. The van der Waals surface area contributed by atoms with E-state index in [1.807, 2.05) is 12.1 Å². The van der Waals surface area contributed by atoms with E-state index in [1.54, 1.807) is 0 Å². The average molecular weight is 207 g/mol. The minimum absolute atomic E-state index is 0.0194. The molecule has 0 heterocycles. The molecule has 0 bridgehead atoms. The summed E-state index contributed by atoms with van der Waals surface area (Å²) in [6.07, 6.45) is 1.03. The summed E-state index contributed by atoms with van der Waals surface area (Å²) in [4.78, 5) is 0. The summed E-state index contributed by atoms with van der Waals surface area (Å²) in [6, 6.07) is 8.21. The number of rotatable bonds is 5. The molecule has 2 N–H and O–H groups in total. The lowest BCUT2D eigenvalue weighted by atomic mass is 9.85. The Kier molecular flexibility index (Phi) is 4.15. The summed E-state index contributed by atoms with van der Waals surface area (Å²) in [6.45, 7) is 7.81. The van der Waals surface area contributed by atoms with Crippen LogP contribution in [0.4, 0.5) is 0 Å². The highest BCUT2D eigenvalue weighted by molar-refractivity contribution is 5.33. The van der Waals surface area contributed by atoms with Gasteiger partial charge in [-0.25, -0.2) is 0 Å². The lowest BCUT2D eigenvalue weighted by molar-refractivity contribution is 0.316. The molecule has 0 aromatic heterocycles. The van der Waals surface area contributed by atoms with Gasteiger partial charge in [-0.3, -0.25) is 0 Å². The third kappa shape index (κ3) is 3.24. The van der Waals surface area contributed by atoms with Crippen LogP contribution in [0.15, 0.2) is 24.3 Å². The Morgan fingerprint density at radius 1 is 1.33 bits per heavy atom. The molecule has 2 heteroatoms. The molecule has 0 saturated heterocycles. The first-order valence-corrected chi connectivity index (χ1v) is 5.53. The Labute approximate surface area is 92.4 Å².